The third-order valence-electron chi connectivity index (χ3n) is 3.48. The average Bonchev–Trinajstić information content (AvgIpc) is 2.38. The Morgan fingerprint density at radius 2 is 2.17 bits per heavy atom. The highest BCUT2D eigenvalue weighted by molar-refractivity contribution is 5.13. The van der Waals surface area contributed by atoms with Gasteiger partial charge in [0.25, 0.3) is 0 Å². The van der Waals surface area contributed by atoms with Crippen molar-refractivity contribution in [2.45, 2.75) is 12.6 Å². The van der Waals surface area contributed by atoms with Gasteiger partial charge < -0.3 is 9.84 Å². The van der Waals surface area contributed by atoms with Crippen LogP contribution in [0.25, 0.3) is 0 Å². The number of ether oxygens (including phenoxy) is 1. The van der Waals surface area contributed by atoms with Gasteiger partial charge in [-0.05, 0) is 5.56 Å². The Morgan fingerprint density at radius 3 is 2.83 bits per heavy atom. The molecule has 98 valence electrons. The van der Waals surface area contributed by atoms with E-state index in [0.29, 0.717) is 19.1 Å². The Labute approximate surface area is 109 Å². The van der Waals surface area contributed by atoms with Crippen molar-refractivity contribution >= 4 is 0 Å². The van der Waals surface area contributed by atoms with E-state index in [1.165, 1.54) is 5.56 Å². The molecule has 0 spiro atoms. The van der Waals surface area contributed by atoms with Gasteiger partial charge in [-0.3, -0.25) is 4.90 Å². The molecular weight excluding hydrogens is 226 g/mol. The van der Waals surface area contributed by atoms with Crippen molar-refractivity contribution in [2.75, 3.05) is 26.3 Å². The highest BCUT2D eigenvalue weighted by Crippen LogP contribution is 2.24. The monoisotopic (exact) mass is 247 g/mol. The van der Waals surface area contributed by atoms with E-state index in [1.807, 2.05) is 24.3 Å². The fraction of sp³-hybridized carbons (Fsp3) is 0.467. The molecule has 0 aromatic heterocycles. The van der Waals surface area contributed by atoms with Gasteiger partial charge in [0.05, 0.1) is 19.8 Å². The molecule has 1 aliphatic rings. The van der Waals surface area contributed by atoms with Crippen LogP contribution in [0.15, 0.2) is 43.0 Å². The maximum Gasteiger partial charge on any atom is 0.0717 e. The van der Waals surface area contributed by atoms with E-state index in [-0.39, 0.29) is 12.6 Å². The Hall–Kier alpha value is -1.16. The largest absolute Gasteiger partial charge is 0.395 e. The first-order chi connectivity index (χ1) is 8.85. The van der Waals surface area contributed by atoms with E-state index in [9.17, 15) is 5.11 Å². The second-order valence-electron chi connectivity index (χ2n) is 4.75. The lowest BCUT2D eigenvalue weighted by atomic mass is 9.90. The summed E-state index contributed by atoms with van der Waals surface area (Å²) in [6.45, 7) is 7.13. The van der Waals surface area contributed by atoms with Crippen LogP contribution in [0, 0.1) is 5.92 Å². The summed E-state index contributed by atoms with van der Waals surface area (Å²) >= 11 is 0. The molecule has 0 unspecified atom stereocenters. The Balaban J connectivity index is 1.70. The van der Waals surface area contributed by atoms with Crippen LogP contribution in [0.3, 0.4) is 0 Å². The predicted octanol–water partition coefficient (Wildman–Crippen LogP) is 1.68. The van der Waals surface area contributed by atoms with Gasteiger partial charge in [-0.1, -0.05) is 36.4 Å². The molecule has 0 aliphatic carbocycles. The molecule has 2 atom stereocenters. The molecule has 18 heavy (non-hydrogen) atoms. The Morgan fingerprint density at radius 1 is 1.39 bits per heavy atom. The summed E-state index contributed by atoms with van der Waals surface area (Å²) in [5.74, 6) is 0.443. The van der Waals surface area contributed by atoms with Gasteiger partial charge in [0.15, 0.2) is 0 Å². The molecule has 1 N–H and O–H groups in total. The number of rotatable bonds is 7. The number of benzene rings is 1. The van der Waals surface area contributed by atoms with E-state index < -0.39 is 0 Å². The minimum atomic E-state index is 0.202. The zero-order valence-electron chi connectivity index (χ0n) is 10.7. The number of hydrogen-bond donors (Lipinski definition) is 1. The normalized spacial score (nSPS) is 23.6. The molecule has 0 bridgehead atoms. The van der Waals surface area contributed by atoms with Gasteiger partial charge in [-0.2, -0.15) is 0 Å². The van der Waals surface area contributed by atoms with E-state index in [4.69, 9.17) is 4.74 Å². The Bertz CT molecular complexity index is 366. The van der Waals surface area contributed by atoms with Gasteiger partial charge >= 0.3 is 0 Å². The second kappa shape index (κ2) is 6.69. The third-order valence-corrected chi connectivity index (χ3v) is 3.48. The fourth-order valence-corrected chi connectivity index (χ4v) is 2.42. The number of aliphatic hydroxyl groups excluding tert-OH is 1. The van der Waals surface area contributed by atoms with Crippen molar-refractivity contribution in [1.82, 2.24) is 4.90 Å². The molecule has 3 heteroatoms. The van der Waals surface area contributed by atoms with Crippen molar-refractivity contribution in [3.05, 3.63) is 48.6 Å². The molecule has 0 radical (unpaired) electrons. The zero-order valence-corrected chi connectivity index (χ0v) is 10.7. The SMILES string of the molecule is C=CCN1C[C@@H](COCc2ccccc2)[C@@H]1CO. The van der Waals surface area contributed by atoms with Gasteiger partial charge in [-0.15, -0.1) is 6.58 Å². The molecule has 0 saturated carbocycles. The van der Waals surface area contributed by atoms with Crippen LogP contribution in [-0.4, -0.2) is 42.4 Å². The quantitative estimate of drug-likeness (QED) is 0.744. The molecule has 1 aliphatic heterocycles. The molecule has 1 heterocycles. The van der Waals surface area contributed by atoms with Crippen LogP contribution in [0.1, 0.15) is 5.56 Å². The minimum Gasteiger partial charge on any atom is -0.395 e. The van der Waals surface area contributed by atoms with Crippen molar-refractivity contribution in [3.8, 4) is 0 Å². The maximum atomic E-state index is 9.34. The summed E-state index contributed by atoms with van der Waals surface area (Å²) in [5.41, 5.74) is 1.19. The van der Waals surface area contributed by atoms with Crippen LogP contribution in [0.4, 0.5) is 0 Å². The fourth-order valence-electron chi connectivity index (χ4n) is 2.42. The summed E-state index contributed by atoms with van der Waals surface area (Å²) in [6.07, 6.45) is 1.88. The van der Waals surface area contributed by atoms with Crippen molar-refractivity contribution in [3.63, 3.8) is 0 Å². The van der Waals surface area contributed by atoms with Crippen LogP contribution in [0.5, 0.6) is 0 Å². The van der Waals surface area contributed by atoms with Crippen LogP contribution >= 0.6 is 0 Å². The molecule has 1 aromatic rings. The molecule has 1 fully saturated rings. The van der Waals surface area contributed by atoms with Crippen LogP contribution < -0.4 is 0 Å². The van der Waals surface area contributed by atoms with Crippen molar-refractivity contribution in [2.24, 2.45) is 5.92 Å². The lowest BCUT2D eigenvalue weighted by Crippen LogP contribution is -2.59. The molecule has 1 saturated heterocycles. The van der Waals surface area contributed by atoms with E-state index >= 15 is 0 Å². The standard InChI is InChI=1S/C15H21NO2/c1-2-8-16-9-14(15(16)10-17)12-18-11-13-6-4-3-5-7-13/h2-7,14-15,17H,1,8-12H2/t14-,15-/m0/s1. The average molecular weight is 247 g/mol. The maximum absolute atomic E-state index is 9.34. The highest BCUT2D eigenvalue weighted by Gasteiger charge is 2.37. The molecular formula is C15H21NO2. The topological polar surface area (TPSA) is 32.7 Å². The van der Waals surface area contributed by atoms with E-state index in [1.54, 1.807) is 0 Å². The Kier molecular flexibility index (Phi) is 4.93. The molecule has 1 aromatic carbocycles. The summed E-state index contributed by atoms with van der Waals surface area (Å²) < 4.78 is 5.72. The second-order valence-corrected chi connectivity index (χ2v) is 4.75. The number of aliphatic hydroxyl groups is 1. The number of hydrogen-bond acceptors (Lipinski definition) is 3. The third kappa shape index (κ3) is 3.19. The van der Waals surface area contributed by atoms with Gasteiger partial charge in [0.1, 0.15) is 0 Å². The van der Waals surface area contributed by atoms with Gasteiger partial charge in [-0.25, -0.2) is 0 Å². The highest BCUT2D eigenvalue weighted by atomic mass is 16.5. The number of nitrogens with zero attached hydrogens (tertiary/aromatic N) is 1. The predicted molar refractivity (Wildman–Crippen MR) is 72.2 cm³/mol. The first-order valence-electron chi connectivity index (χ1n) is 6.42. The van der Waals surface area contributed by atoms with E-state index in [0.717, 1.165) is 13.1 Å². The smallest absolute Gasteiger partial charge is 0.0717 e. The summed E-state index contributed by atoms with van der Waals surface area (Å²) in [4.78, 5) is 2.23. The molecule has 0 amide bonds. The van der Waals surface area contributed by atoms with E-state index in [2.05, 4.69) is 23.6 Å². The summed E-state index contributed by atoms with van der Waals surface area (Å²) in [5, 5.41) is 9.34. The summed E-state index contributed by atoms with van der Waals surface area (Å²) in [7, 11) is 0. The van der Waals surface area contributed by atoms with Crippen molar-refractivity contribution in [1.29, 1.82) is 0 Å². The van der Waals surface area contributed by atoms with Gasteiger partial charge in [0.2, 0.25) is 0 Å². The minimum absolute atomic E-state index is 0.202. The first-order valence-corrected chi connectivity index (χ1v) is 6.42. The van der Waals surface area contributed by atoms with Crippen LogP contribution in [0.2, 0.25) is 0 Å². The van der Waals surface area contributed by atoms with Crippen LogP contribution in [-0.2, 0) is 11.3 Å². The molecule has 3 nitrogen and oxygen atoms in total. The first kappa shape index (κ1) is 13.3. The number of likely N-dealkylation sites (tertiary alicyclic amines) is 1. The summed E-state index contributed by atoms with van der Waals surface area (Å²) in [6, 6.07) is 10.4. The lowest BCUT2D eigenvalue weighted by Gasteiger charge is -2.46. The molecule has 2 rings (SSSR count). The van der Waals surface area contributed by atoms with Crippen molar-refractivity contribution < 1.29 is 9.84 Å². The van der Waals surface area contributed by atoms with Gasteiger partial charge in [0, 0.05) is 25.0 Å². The zero-order chi connectivity index (χ0) is 12.8. The lowest BCUT2D eigenvalue weighted by molar-refractivity contribution is -0.0580.